The van der Waals surface area contributed by atoms with Gasteiger partial charge in [-0.3, -0.25) is 19.3 Å². The topological polar surface area (TPSA) is 73.0 Å². The van der Waals surface area contributed by atoms with Crippen LogP contribution in [0.25, 0.3) is 0 Å². The quantitative estimate of drug-likeness (QED) is 0.778. The molecule has 2 rings (SSSR count). The molecule has 0 spiro atoms. The predicted octanol–water partition coefficient (Wildman–Crippen LogP) is -0.0847. The fourth-order valence-electron chi connectivity index (χ4n) is 3.09. The van der Waals surface area contributed by atoms with Crippen LogP contribution < -0.4 is 5.32 Å². The second-order valence-corrected chi connectivity index (χ2v) is 7.68. The van der Waals surface area contributed by atoms with Gasteiger partial charge in [0.15, 0.2) is 0 Å². The van der Waals surface area contributed by atoms with Crippen LogP contribution in [0.3, 0.4) is 0 Å². The van der Waals surface area contributed by atoms with E-state index in [0.29, 0.717) is 26.2 Å². The minimum absolute atomic E-state index is 0.00134. The molecule has 1 N–H and O–H groups in total. The number of carbonyl (C=O) groups excluding carboxylic acids is 3. The standard InChI is InChI=1S/C17H30N4O3/c1-17(2,3)16(24)21-10-8-19(9-11-21)13-14(22)18-12-15(23)20-6-4-5-7-20/h4-13H2,1-3H3,(H,18,22). The van der Waals surface area contributed by atoms with Crippen LogP contribution in [-0.4, -0.2) is 84.8 Å². The van der Waals surface area contributed by atoms with E-state index in [1.165, 1.54) is 0 Å². The maximum Gasteiger partial charge on any atom is 0.241 e. The molecule has 0 aromatic rings. The van der Waals surface area contributed by atoms with Crippen molar-refractivity contribution in [1.29, 1.82) is 0 Å². The van der Waals surface area contributed by atoms with Crippen LogP contribution in [0, 0.1) is 5.41 Å². The number of hydrogen-bond donors (Lipinski definition) is 1. The molecule has 2 aliphatic heterocycles. The molecule has 2 aliphatic rings. The second-order valence-electron chi connectivity index (χ2n) is 7.68. The van der Waals surface area contributed by atoms with Gasteiger partial charge in [-0.2, -0.15) is 0 Å². The molecular weight excluding hydrogens is 308 g/mol. The molecule has 2 heterocycles. The van der Waals surface area contributed by atoms with Crippen LogP contribution >= 0.6 is 0 Å². The van der Waals surface area contributed by atoms with Crippen LogP contribution in [0.15, 0.2) is 0 Å². The van der Waals surface area contributed by atoms with Crippen LogP contribution in [0.1, 0.15) is 33.6 Å². The summed E-state index contributed by atoms with van der Waals surface area (Å²) in [4.78, 5) is 41.8. The highest BCUT2D eigenvalue weighted by Gasteiger charge is 2.30. The number of piperazine rings is 1. The Labute approximate surface area is 144 Å². The van der Waals surface area contributed by atoms with E-state index in [0.717, 1.165) is 25.9 Å². The summed E-state index contributed by atoms with van der Waals surface area (Å²) in [5.74, 6) is 0.0300. The summed E-state index contributed by atoms with van der Waals surface area (Å²) in [6, 6.07) is 0. The minimum atomic E-state index is -0.366. The second kappa shape index (κ2) is 7.96. The third-order valence-corrected chi connectivity index (χ3v) is 4.56. The monoisotopic (exact) mass is 338 g/mol. The van der Waals surface area contributed by atoms with Crippen LogP contribution in [0.4, 0.5) is 0 Å². The summed E-state index contributed by atoms with van der Waals surface area (Å²) in [5.41, 5.74) is -0.366. The van der Waals surface area contributed by atoms with Crippen molar-refractivity contribution >= 4 is 17.7 Å². The highest BCUT2D eigenvalue weighted by Crippen LogP contribution is 2.18. The summed E-state index contributed by atoms with van der Waals surface area (Å²) in [6.07, 6.45) is 2.11. The molecule has 0 saturated carbocycles. The van der Waals surface area contributed by atoms with Gasteiger partial charge in [-0.25, -0.2) is 0 Å². The van der Waals surface area contributed by atoms with Crippen molar-refractivity contribution in [3.05, 3.63) is 0 Å². The van der Waals surface area contributed by atoms with E-state index < -0.39 is 0 Å². The Hall–Kier alpha value is -1.63. The summed E-state index contributed by atoms with van der Waals surface area (Å²) in [5, 5.41) is 2.71. The molecule has 3 amide bonds. The van der Waals surface area contributed by atoms with Gasteiger partial charge in [-0.05, 0) is 12.8 Å². The van der Waals surface area contributed by atoms with Gasteiger partial charge in [0, 0.05) is 44.7 Å². The van der Waals surface area contributed by atoms with Crippen molar-refractivity contribution in [3.8, 4) is 0 Å². The fraction of sp³-hybridized carbons (Fsp3) is 0.824. The van der Waals surface area contributed by atoms with Crippen molar-refractivity contribution in [2.24, 2.45) is 5.41 Å². The van der Waals surface area contributed by atoms with Gasteiger partial charge in [0.25, 0.3) is 0 Å². The Balaban J connectivity index is 1.67. The first-order valence-corrected chi connectivity index (χ1v) is 8.83. The first-order chi connectivity index (χ1) is 11.3. The maximum atomic E-state index is 12.2. The first-order valence-electron chi connectivity index (χ1n) is 8.83. The van der Waals surface area contributed by atoms with Crippen molar-refractivity contribution in [3.63, 3.8) is 0 Å². The average Bonchev–Trinajstić information content (AvgIpc) is 3.06. The third-order valence-electron chi connectivity index (χ3n) is 4.56. The van der Waals surface area contributed by atoms with E-state index in [2.05, 4.69) is 5.32 Å². The SMILES string of the molecule is CC(C)(C)C(=O)N1CCN(CC(=O)NCC(=O)N2CCCC2)CC1. The largest absolute Gasteiger partial charge is 0.346 e. The lowest BCUT2D eigenvalue weighted by atomic mass is 9.94. The minimum Gasteiger partial charge on any atom is -0.346 e. The Bertz CT molecular complexity index is 473. The zero-order valence-corrected chi connectivity index (χ0v) is 15.1. The molecule has 24 heavy (non-hydrogen) atoms. The molecule has 0 bridgehead atoms. The smallest absolute Gasteiger partial charge is 0.241 e. The van der Waals surface area contributed by atoms with Gasteiger partial charge in [0.1, 0.15) is 0 Å². The number of nitrogens with one attached hydrogen (secondary N) is 1. The van der Waals surface area contributed by atoms with Gasteiger partial charge >= 0.3 is 0 Å². The summed E-state index contributed by atoms with van der Waals surface area (Å²) < 4.78 is 0. The van der Waals surface area contributed by atoms with Gasteiger partial charge in [-0.1, -0.05) is 20.8 Å². The molecule has 2 saturated heterocycles. The molecular formula is C17H30N4O3. The number of amides is 3. The summed E-state index contributed by atoms with van der Waals surface area (Å²) in [6.45, 7) is 10.4. The number of hydrogen-bond acceptors (Lipinski definition) is 4. The Morgan fingerprint density at radius 2 is 1.46 bits per heavy atom. The average molecular weight is 338 g/mol. The molecule has 136 valence electrons. The van der Waals surface area contributed by atoms with Crippen molar-refractivity contribution in [1.82, 2.24) is 20.0 Å². The Kier molecular flexibility index (Phi) is 6.21. The molecule has 0 aromatic carbocycles. The van der Waals surface area contributed by atoms with E-state index in [9.17, 15) is 14.4 Å². The lowest BCUT2D eigenvalue weighted by Gasteiger charge is -2.37. The number of nitrogens with zero attached hydrogens (tertiary/aromatic N) is 3. The third kappa shape index (κ3) is 5.19. The number of likely N-dealkylation sites (tertiary alicyclic amines) is 1. The fourth-order valence-corrected chi connectivity index (χ4v) is 3.09. The van der Waals surface area contributed by atoms with E-state index in [1.807, 2.05) is 30.6 Å². The highest BCUT2D eigenvalue weighted by molar-refractivity contribution is 5.85. The van der Waals surface area contributed by atoms with Gasteiger partial charge in [-0.15, -0.1) is 0 Å². The number of rotatable bonds is 4. The zero-order valence-electron chi connectivity index (χ0n) is 15.1. The van der Waals surface area contributed by atoms with Gasteiger partial charge in [0.05, 0.1) is 13.1 Å². The van der Waals surface area contributed by atoms with Crippen LogP contribution in [-0.2, 0) is 14.4 Å². The lowest BCUT2D eigenvalue weighted by molar-refractivity contribution is -0.141. The van der Waals surface area contributed by atoms with Gasteiger partial charge < -0.3 is 15.1 Å². The van der Waals surface area contributed by atoms with Crippen molar-refractivity contribution in [2.75, 3.05) is 52.4 Å². The van der Waals surface area contributed by atoms with Crippen LogP contribution in [0.2, 0.25) is 0 Å². The Morgan fingerprint density at radius 3 is 2.00 bits per heavy atom. The molecule has 0 aliphatic carbocycles. The van der Waals surface area contributed by atoms with Gasteiger partial charge in [0.2, 0.25) is 17.7 Å². The summed E-state index contributed by atoms with van der Waals surface area (Å²) >= 11 is 0. The molecule has 2 fully saturated rings. The molecule has 0 unspecified atom stereocenters. The molecule has 0 aromatic heterocycles. The van der Waals surface area contributed by atoms with Crippen LogP contribution in [0.5, 0.6) is 0 Å². The lowest BCUT2D eigenvalue weighted by Crippen LogP contribution is -2.53. The normalized spacial score (nSPS) is 19.5. The molecule has 7 heteroatoms. The van der Waals surface area contributed by atoms with E-state index in [1.54, 1.807) is 4.90 Å². The predicted molar refractivity (Wildman–Crippen MR) is 91.3 cm³/mol. The maximum absolute atomic E-state index is 12.2. The molecule has 0 radical (unpaired) electrons. The van der Waals surface area contributed by atoms with E-state index in [-0.39, 0.29) is 36.2 Å². The summed E-state index contributed by atoms with van der Waals surface area (Å²) in [7, 11) is 0. The number of carbonyl (C=O) groups is 3. The molecule has 7 nitrogen and oxygen atoms in total. The van der Waals surface area contributed by atoms with Crippen molar-refractivity contribution in [2.45, 2.75) is 33.6 Å². The first kappa shape index (κ1) is 18.7. The van der Waals surface area contributed by atoms with E-state index in [4.69, 9.17) is 0 Å². The zero-order chi connectivity index (χ0) is 17.7. The molecule has 0 atom stereocenters. The van der Waals surface area contributed by atoms with Crippen molar-refractivity contribution < 1.29 is 14.4 Å². The highest BCUT2D eigenvalue weighted by atomic mass is 16.2. The van der Waals surface area contributed by atoms with E-state index >= 15 is 0 Å². The Morgan fingerprint density at radius 1 is 0.875 bits per heavy atom.